The van der Waals surface area contributed by atoms with Gasteiger partial charge >= 0.3 is 7.82 Å². The van der Waals surface area contributed by atoms with Crippen LogP contribution in [-0.2, 0) is 37.4 Å². The fourth-order valence-corrected chi connectivity index (χ4v) is 7.65. The van der Waals surface area contributed by atoms with Crippen molar-refractivity contribution in [2.75, 3.05) is 23.8 Å². The van der Waals surface area contributed by atoms with Crippen LogP contribution in [0.25, 0.3) is 22.3 Å². The van der Waals surface area contributed by atoms with Gasteiger partial charge < -0.3 is 30.9 Å². The highest BCUT2D eigenvalue weighted by molar-refractivity contribution is 7.86. The minimum absolute atomic E-state index is 0.0280. The average Bonchev–Trinajstić information content (AvgIpc) is 3.73. The van der Waals surface area contributed by atoms with Gasteiger partial charge in [-0.3, -0.25) is 22.4 Å². The van der Waals surface area contributed by atoms with Crippen LogP contribution in [0.15, 0.2) is 31.2 Å². The Balaban J connectivity index is 1.17. The summed E-state index contributed by atoms with van der Waals surface area (Å²) >= 11 is 0. The molecular formula is C22H25FN9O10PS. The zero-order valence-corrected chi connectivity index (χ0v) is 24.0. The first kappa shape index (κ1) is 29.3. The fraction of sp³-hybridized carbons (Fsp3) is 0.500. The predicted molar refractivity (Wildman–Crippen MR) is 144 cm³/mol. The van der Waals surface area contributed by atoms with Crippen LogP contribution in [-0.4, -0.2) is 102 Å². The topological polar surface area (TPSA) is 264 Å². The normalized spacial score (nSPS) is 36.1. The van der Waals surface area contributed by atoms with Crippen LogP contribution >= 0.6 is 7.82 Å². The van der Waals surface area contributed by atoms with Gasteiger partial charge in [-0.25, -0.2) is 33.9 Å². The first-order chi connectivity index (χ1) is 20.9. The Labute approximate surface area is 246 Å². The number of nitrogens with zero attached hydrogens (tertiary/aromatic N) is 7. The predicted octanol–water partition coefficient (Wildman–Crippen LogP) is -0.450. The molecule has 7 rings (SSSR count). The molecule has 4 aromatic heterocycles. The molecule has 44 heavy (non-hydrogen) atoms. The molecule has 236 valence electrons. The van der Waals surface area contributed by atoms with Crippen LogP contribution in [0, 0.1) is 0 Å². The van der Waals surface area contributed by atoms with Crippen molar-refractivity contribution < 1.29 is 50.1 Å². The molecule has 3 fully saturated rings. The number of imidazole rings is 2. The van der Waals surface area contributed by atoms with Crippen molar-refractivity contribution in [1.82, 2.24) is 34.1 Å². The third-order valence-corrected chi connectivity index (χ3v) is 9.81. The van der Waals surface area contributed by atoms with Crippen molar-refractivity contribution >= 4 is 51.8 Å². The van der Waals surface area contributed by atoms with Crippen LogP contribution in [0.2, 0.25) is 0 Å². The smallest absolute Gasteiger partial charge is 0.397 e. The first-order valence-electron chi connectivity index (χ1n) is 13.1. The van der Waals surface area contributed by atoms with Crippen molar-refractivity contribution in [3.05, 3.63) is 31.2 Å². The maximum absolute atomic E-state index is 15.9. The Kier molecular flexibility index (Phi) is 7.06. The Bertz CT molecular complexity index is 1890. The Hall–Kier alpha value is -3.40. The maximum atomic E-state index is 15.9. The molecule has 3 aliphatic rings. The van der Waals surface area contributed by atoms with E-state index in [-0.39, 0.29) is 22.6 Å². The third-order valence-electron chi connectivity index (χ3n) is 7.57. The summed E-state index contributed by atoms with van der Waals surface area (Å²) in [5.41, 5.74) is 12.8. The van der Waals surface area contributed by atoms with Crippen LogP contribution in [0.3, 0.4) is 0 Å². The highest BCUT2D eigenvalue weighted by Crippen LogP contribution is 2.51. The molecule has 0 radical (unpaired) electrons. The Morgan fingerprint density at radius 3 is 2.48 bits per heavy atom. The van der Waals surface area contributed by atoms with Crippen molar-refractivity contribution in [3.63, 3.8) is 0 Å². The van der Waals surface area contributed by atoms with E-state index < -0.39 is 85.9 Å². The zero-order chi connectivity index (χ0) is 31.0. The number of hydrogen-bond acceptors (Lipinski definition) is 16. The molecule has 3 saturated heterocycles. The summed E-state index contributed by atoms with van der Waals surface area (Å²) in [6, 6.07) is 1.52. The molecule has 0 aromatic carbocycles. The number of phosphoric acid groups is 1. The van der Waals surface area contributed by atoms with Gasteiger partial charge in [0.05, 0.1) is 36.8 Å². The Morgan fingerprint density at radius 2 is 1.68 bits per heavy atom. The summed E-state index contributed by atoms with van der Waals surface area (Å²) in [6.45, 7) is -0.787. The molecule has 6 N–H and O–H groups in total. The van der Waals surface area contributed by atoms with Gasteiger partial charge in [0.15, 0.2) is 35.7 Å². The lowest BCUT2D eigenvalue weighted by molar-refractivity contribution is -0.0545. The highest BCUT2D eigenvalue weighted by Gasteiger charge is 2.53. The Morgan fingerprint density at radius 1 is 0.977 bits per heavy atom. The molecule has 0 amide bonds. The third kappa shape index (κ3) is 4.99. The molecular weight excluding hydrogens is 632 g/mol. The van der Waals surface area contributed by atoms with E-state index in [9.17, 15) is 23.0 Å². The number of alkyl halides is 1. The molecule has 0 bridgehead atoms. The quantitative estimate of drug-likeness (QED) is 0.157. The molecule has 22 heteroatoms. The highest BCUT2D eigenvalue weighted by atomic mass is 32.2. The number of hydrogen-bond donors (Lipinski definition) is 4. The number of aliphatic hydroxyl groups is 1. The minimum atomic E-state index is -5.04. The number of aliphatic hydroxyl groups excluding tert-OH is 1. The largest absolute Gasteiger partial charge is 0.472 e. The first-order valence-corrected chi connectivity index (χ1v) is 16.2. The number of halogens is 1. The second kappa shape index (κ2) is 10.6. The molecule has 1 unspecified atom stereocenters. The summed E-state index contributed by atoms with van der Waals surface area (Å²) < 4.78 is 85.0. The van der Waals surface area contributed by atoms with Crippen LogP contribution in [0.5, 0.6) is 0 Å². The molecule has 3 aliphatic heterocycles. The fourth-order valence-electron chi connectivity index (χ4n) is 5.50. The van der Waals surface area contributed by atoms with Crippen molar-refractivity contribution in [2.24, 2.45) is 0 Å². The number of aromatic nitrogens is 7. The van der Waals surface area contributed by atoms with E-state index in [1.165, 1.54) is 34.1 Å². The van der Waals surface area contributed by atoms with Crippen molar-refractivity contribution in [3.8, 4) is 0 Å². The van der Waals surface area contributed by atoms with E-state index in [2.05, 4.69) is 24.9 Å². The van der Waals surface area contributed by atoms with Gasteiger partial charge in [-0.05, 0) is 12.5 Å². The number of fused-ring (bicyclic) bond motifs is 4. The SMILES string of the molecule is Nc1ccnc2c1ncn2[C@@H]1O[C@@H]2COP(=O)(O)O[C@H]3[C@@H](F)[C@H](n4cnc5c(N)ncnc54)O[C@@H]3CCS(=O)(=O)O[C@H]2[C@H]1O. The summed E-state index contributed by atoms with van der Waals surface area (Å²) in [5.74, 6) is -0.708. The zero-order valence-electron chi connectivity index (χ0n) is 22.3. The van der Waals surface area contributed by atoms with E-state index in [4.69, 9.17) is 34.2 Å². The van der Waals surface area contributed by atoms with Crippen molar-refractivity contribution in [1.29, 1.82) is 0 Å². The van der Waals surface area contributed by atoms with Gasteiger partial charge in [0.25, 0.3) is 10.1 Å². The van der Waals surface area contributed by atoms with E-state index in [0.717, 1.165) is 6.33 Å². The monoisotopic (exact) mass is 657 g/mol. The molecule has 9 atom stereocenters. The van der Waals surface area contributed by atoms with E-state index in [1.54, 1.807) is 0 Å². The van der Waals surface area contributed by atoms with Gasteiger partial charge in [-0.1, -0.05) is 0 Å². The van der Waals surface area contributed by atoms with Crippen LogP contribution < -0.4 is 11.5 Å². The maximum Gasteiger partial charge on any atom is 0.472 e. The van der Waals surface area contributed by atoms with Crippen molar-refractivity contribution in [2.45, 2.75) is 55.6 Å². The van der Waals surface area contributed by atoms with E-state index >= 15 is 4.39 Å². The number of ether oxygens (including phenoxy) is 2. The summed E-state index contributed by atoms with van der Waals surface area (Å²) in [7, 11) is -9.47. The lowest BCUT2D eigenvalue weighted by Gasteiger charge is -2.26. The standard InChI is InChI=1S/C22H25FN9O10PS/c23-12-16-10(39-21(12)31-8-30-14-18(25)27-6-28-20(14)31)2-4-44(36,37)42-17-11(5-38-43(34,35)41-16)40-22(15(17)33)32-7-29-13-9(24)1-3-26-19(13)32/h1,3,6-8,10-12,15-17,21-22,33H,2,4-5H2,(H2,24,26)(H,34,35)(H2,25,27,28)/t10-,11-,12-,15-,16-,17-,21-,22-/m1/s1. The number of pyridine rings is 1. The average molecular weight is 658 g/mol. The lowest BCUT2D eigenvalue weighted by atomic mass is 10.1. The van der Waals surface area contributed by atoms with Gasteiger partial charge in [0.1, 0.15) is 41.8 Å². The molecule has 0 spiro atoms. The van der Waals surface area contributed by atoms with E-state index in [0.29, 0.717) is 11.2 Å². The summed E-state index contributed by atoms with van der Waals surface area (Å²) in [6.07, 6.45) is -8.06. The van der Waals surface area contributed by atoms with Gasteiger partial charge in [-0.2, -0.15) is 8.42 Å². The second-order valence-corrected chi connectivity index (χ2v) is 13.4. The molecule has 7 heterocycles. The molecule has 4 aromatic rings. The number of phosphoric ester groups is 1. The molecule has 0 saturated carbocycles. The number of anilines is 2. The summed E-state index contributed by atoms with van der Waals surface area (Å²) in [4.78, 5) is 30.9. The number of nitrogens with two attached hydrogens (primary N) is 2. The lowest BCUT2D eigenvalue weighted by Crippen LogP contribution is -2.40. The minimum Gasteiger partial charge on any atom is -0.397 e. The van der Waals surface area contributed by atoms with Crippen LogP contribution in [0.1, 0.15) is 18.9 Å². The number of rotatable bonds is 2. The van der Waals surface area contributed by atoms with Gasteiger partial charge in [-0.15, -0.1) is 0 Å². The summed E-state index contributed by atoms with van der Waals surface area (Å²) in [5, 5.41) is 11.1. The van der Waals surface area contributed by atoms with Crippen LogP contribution in [0.4, 0.5) is 15.9 Å². The second-order valence-electron chi connectivity index (χ2n) is 10.3. The van der Waals surface area contributed by atoms with Gasteiger partial charge in [0.2, 0.25) is 0 Å². The van der Waals surface area contributed by atoms with Gasteiger partial charge in [0, 0.05) is 6.20 Å². The molecule has 0 aliphatic carbocycles. The number of nitrogen functional groups attached to an aromatic ring is 2. The molecule has 19 nitrogen and oxygen atoms in total. The van der Waals surface area contributed by atoms with E-state index in [1.807, 2.05) is 0 Å².